The smallest absolute Gasteiger partial charge is 0.245 e. The molecule has 1 aliphatic rings. The summed E-state index contributed by atoms with van der Waals surface area (Å²) in [6.07, 6.45) is 1.07. The van der Waals surface area contributed by atoms with E-state index in [0.717, 1.165) is 24.4 Å². The highest BCUT2D eigenvalue weighted by molar-refractivity contribution is 5.34. The molecule has 0 aromatic carbocycles. The molecule has 2 unspecified atom stereocenters. The zero-order valence-corrected chi connectivity index (χ0v) is 10.0. The number of rotatable bonds is 2. The second kappa shape index (κ2) is 4.33. The van der Waals surface area contributed by atoms with Crippen LogP contribution >= 0.6 is 0 Å². The molecule has 1 N–H and O–H groups in total. The number of hydrogen-bond donors (Lipinski definition) is 1. The number of hydrogen-bond acceptors (Lipinski definition) is 5. The van der Waals surface area contributed by atoms with Gasteiger partial charge in [0.15, 0.2) is 0 Å². The Hall–Kier alpha value is -1.23. The fourth-order valence-corrected chi connectivity index (χ4v) is 2.10. The van der Waals surface area contributed by atoms with E-state index >= 15 is 0 Å². The SMILES string of the molecule is Cc1nnc(N2CCC(C)C2CO)nc1C. The zero-order valence-electron chi connectivity index (χ0n) is 10.0. The van der Waals surface area contributed by atoms with E-state index in [1.807, 2.05) is 13.8 Å². The molecular formula is C11H18N4O. The van der Waals surface area contributed by atoms with Crippen molar-refractivity contribution in [3.05, 3.63) is 11.4 Å². The van der Waals surface area contributed by atoms with Crippen LogP contribution in [0.1, 0.15) is 24.7 Å². The molecule has 16 heavy (non-hydrogen) atoms. The van der Waals surface area contributed by atoms with Crippen molar-refractivity contribution in [2.75, 3.05) is 18.1 Å². The van der Waals surface area contributed by atoms with Gasteiger partial charge in [-0.05, 0) is 26.2 Å². The van der Waals surface area contributed by atoms with Gasteiger partial charge < -0.3 is 10.0 Å². The van der Waals surface area contributed by atoms with Crippen molar-refractivity contribution in [2.45, 2.75) is 33.2 Å². The number of anilines is 1. The summed E-state index contributed by atoms with van der Waals surface area (Å²) in [5.74, 6) is 1.13. The molecule has 1 aromatic rings. The predicted molar refractivity (Wildman–Crippen MR) is 61.3 cm³/mol. The van der Waals surface area contributed by atoms with Gasteiger partial charge in [-0.1, -0.05) is 6.92 Å². The van der Waals surface area contributed by atoms with Crippen LogP contribution in [-0.4, -0.2) is 39.5 Å². The van der Waals surface area contributed by atoms with E-state index in [0.29, 0.717) is 11.9 Å². The summed E-state index contributed by atoms with van der Waals surface area (Å²) in [4.78, 5) is 6.49. The van der Waals surface area contributed by atoms with Crippen LogP contribution in [-0.2, 0) is 0 Å². The van der Waals surface area contributed by atoms with Crippen molar-refractivity contribution in [3.63, 3.8) is 0 Å². The summed E-state index contributed by atoms with van der Waals surface area (Å²) in [5.41, 5.74) is 1.76. The average Bonchev–Trinajstić information content (AvgIpc) is 2.63. The third-order valence-electron chi connectivity index (χ3n) is 3.41. The summed E-state index contributed by atoms with van der Waals surface area (Å²) in [6.45, 7) is 7.03. The molecule has 2 atom stereocenters. The summed E-state index contributed by atoms with van der Waals surface area (Å²) in [5, 5.41) is 17.6. The van der Waals surface area contributed by atoms with Crippen molar-refractivity contribution in [1.29, 1.82) is 0 Å². The molecule has 88 valence electrons. The standard InChI is InChI=1S/C11H18N4O/c1-7-4-5-15(10(7)6-16)11-12-8(2)9(3)13-14-11/h7,10,16H,4-6H2,1-3H3. The van der Waals surface area contributed by atoms with Crippen LogP contribution in [0.4, 0.5) is 5.95 Å². The van der Waals surface area contributed by atoms with Crippen LogP contribution in [0.25, 0.3) is 0 Å². The Bertz CT molecular complexity index is 382. The van der Waals surface area contributed by atoms with E-state index in [4.69, 9.17) is 0 Å². The van der Waals surface area contributed by atoms with Gasteiger partial charge >= 0.3 is 0 Å². The fourth-order valence-electron chi connectivity index (χ4n) is 2.10. The average molecular weight is 222 g/mol. The lowest BCUT2D eigenvalue weighted by Gasteiger charge is -2.24. The van der Waals surface area contributed by atoms with Crippen molar-refractivity contribution < 1.29 is 5.11 Å². The van der Waals surface area contributed by atoms with Crippen molar-refractivity contribution in [2.24, 2.45) is 5.92 Å². The first kappa shape index (κ1) is 11.3. The third-order valence-corrected chi connectivity index (χ3v) is 3.41. The summed E-state index contributed by atoms with van der Waals surface area (Å²) in [7, 11) is 0. The Morgan fingerprint density at radius 2 is 2.06 bits per heavy atom. The molecule has 0 aliphatic carbocycles. The molecule has 2 heterocycles. The molecule has 5 nitrogen and oxygen atoms in total. The van der Waals surface area contributed by atoms with Gasteiger partial charge in [0.1, 0.15) is 0 Å². The molecule has 0 spiro atoms. The van der Waals surface area contributed by atoms with Crippen LogP contribution in [0, 0.1) is 19.8 Å². The molecule has 1 fully saturated rings. The maximum atomic E-state index is 9.37. The van der Waals surface area contributed by atoms with E-state index in [9.17, 15) is 5.11 Å². The molecule has 5 heteroatoms. The Balaban J connectivity index is 2.27. The molecule has 1 aliphatic heterocycles. The van der Waals surface area contributed by atoms with Gasteiger partial charge in [0, 0.05) is 6.54 Å². The molecule has 0 bridgehead atoms. The minimum Gasteiger partial charge on any atom is -0.394 e. The lowest BCUT2D eigenvalue weighted by molar-refractivity contribution is 0.244. The maximum absolute atomic E-state index is 9.37. The van der Waals surface area contributed by atoms with Gasteiger partial charge in [0.05, 0.1) is 24.0 Å². The Labute approximate surface area is 95.5 Å². The van der Waals surface area contributed by atoms with Crippen LogP contribution in [0.5, 0.6) is 0 Å². The molecule has 1 aromatic heterocycles. The second-order valence-corrected chi connectivity index (χ2v) is 4.49. The van der Waals surface area contributed by atoms with Crippen LogP contribution in [0.3, 0.4) is 0 Å². The fraction of sp³-hybridized carbons (Fsp3) is 0.727. The molecule has 2 rings (SSSR count). The van der Waals surface area contributed by atoms with Crippen molar-refractivity contribution >= 4 is 5.95 Å². The zero-order chi connectivity index (χ0) is 11.7. The number of nitrogens with zero attached hydrogens (tertiary/aromatic N) is 4. The largest absolute Gasteiger partial charge is 0.394 e. The van der Waals surface area contributed by atoms with E-state index in [2.05, 4.69) is 27.0 Å². The number of aryl methyl sites for hydroxylation is 2. The minimum atomic E-state index is 0.129. The predicted octanol–water partition coefficient (Wildman–Crippen LogP) is 0.696. The van der Waals surface area contributed by atoms with Crippen molar-refractivity contribution in [1.82, 2.24) is 15.2 Å². The van der Waals surface area contributed by atoms with Gasteiger partial charge in [0.2, 0.25) is 5.95 Å². The van der Waals surface area contributed by atoms with Gasteiger partial charge in [-0.2, -0.15) is 5.10 Å². The van der Waals surface area contributed by atoms with E-state index < -0.39 is 0 Å². The monoisotopic (exact) mass is 222 g/mol. The maximum Gasteiger partial charge on any atom is 0.245 e. The third kappa shape index (κ3) is 1.87. The highest BCUT2D eigenvalue weighted by Crippen LogP contribution is 2.26. The molecule has 0 saturated carbocycles. The first-order chi connectivity index (χ1) is 7.63. The normalized spacial score (nSPS) is 25.1. The lowest BCUT2D eigenvalue weighted by atomic mass is 10.0. The Morgan fingerprint density at radius 3 is 2.69 bits per heavy atom. The highest BCUT2D eigenvalue weighted by Gasteiger charge is 2.32. The van der Waals surface area contributed by atoms with E-state index in [1.165, 1.54) is 0 Å². The van der Waals surface area contributed by atoms with Gasteiger partial charge in [0.25, 0.3) is 0 Å². The first-order valence-corrected chi connectivity index (χ1v) is 5.69. The summed E-state index contributed by atoms with van der Waals surface area (Å²) < 4.78 is 0. The van der Waals surface area contributed by atoms with Gasteiger partial charge in [-0.25, -0.2) is 4.98 Å². The minimum absolute atomic E-state index is 0.129. The van der Waals surface area contributed by atoms with E-state index in [-0.39, 0.29) is 12.6 Å². The van der Waals surface area contributed by atoms with Crippen LogP contribution < -0.4 is 4.90 Å². The number of aromatic nitrogens is 3. The van der Waals surface area contributed by atoms with E-state index in [1.54, 1.807) is 0 Å². The van der Waals surface area contributed by atoms with Crippen LogP contribution in [0.2, 0.25) is 0 Å². The highest BCUT2D eigenvalue weighted by atomic mass is 16.3. The quantitative estimate of drug-likeness (QED) is 0.798. The second-order valence-electron chi connectivity index (χ2n) is 4.49. The summed E-state index contributed by atoms with van der Waals surface area (Å²) >= 11 is 0. The van der Waals surface area contributed by atoms with Gasteiger partial charge in [-0.15, -0.1) is 5.10 Å². The van der Waals surface area contributed by atoms with Crippen LogP contribution in [0.15, 0.2) is 0 Å². The molecule has 0 amide bonds. The Kier molecular flexibility index (Phi) is 3.05. The lowest BCUT2D eigenvalue weighted by Crippen LogP contribution is -2.36. The topological polar surface area (TPSA) is 62.1 Å². The molecule has 0 radical (unpaired) electrons. The number of aliphatic hydroxyl groups is 1. The summed E-state index contributed by atoms with van der Waals surface area (Å²) in [6, 6.07) is 0.129. The molecular weight excluding hydrogens is 204 g/mol. The van der Waals surface area contributed by atoms with Gasteiger partial charge in [-0.3, -0.25) is 0 Å². The Morgan fingerprint density at radius 1 is 1.31 bits per heavy atom. The van der Waals surface area contributed by atoms with Crippen molar-refractivity contribution in [3.8, 4) is 0 Å². The number of aliphatic hydroxyl groups excluding tert-OH is 1. The molecule has 1 saturated heterocycles. The first-order valence-electron chi connectivity index (χ1n) is 5.69.